The summed E-state index contributed by atoms with van der Waals surface area (Å²) in [6.07, 6.45) is 4.97. The topological polar surface area (TPSA) is 85.3 Å². The van der Waals surface area contributed by atoms with Crippen molar-refractivity contribution in [1.82, 2.24) is 4.57 Å². The SMILES string of the molecule is Cc1c(C2(CN)CC2)c(F)cc2c(=O)c(C(=O)O)cn(C3CC3)c12. The number of pyridine rings is 1. The van der Waals surface area contributed by atoms with Crippen LogP contribution in [0.2, 0.25) is 0 Å². The Balaban J connectivity index is 2.12. The standard InChI is InChI=1S/C18H19FN2O3/c1-9-14(18(8-20)4-5-18)13(19)6-11-15(9)21(10-2-3-10)7-12(16(11)22)17(23)24/h6-7,10H,2-5,8,20H2,1H3,(H,23,24). The molecule has 0 saturated heterocycles. The number of aromatic carboxylic acids is 1. The monoisotopic (exact) mass is 330 g/mol. The van der Waals surface area contributed by atoms with Gasteiger partial charge in [-0.05, 0) is 44.2 Å². The largest absolute Gasteiger partial charge is 0.477 e. The minimum absolute atomic E-state index is 0.147. The maximum Gasteiger partial charge on any atom is 0.341 e. The number of hydrogen-bond acceptors (Lipinski definition) is 3. The normalized spacial score (nSPS) is 18.8. The van der Waals surface area contributed by atoms with Crippen molar-refractivity contribution >= 4 is 16.9 Å². The van der Waals surface area contributed by atoms with E-state index >= 15 is 0 Å². The first-order valence-electron chi connectivity index (χ1n) is 8.21. The second kappa shape index (κ2) is 4.89. The molecule has 2 aliphatic carbocycles. The minimum Gasteiger partial charge on any atom is -0.477 e. The number of rotatable bonds is 4. The number of nitrogens with two attached hydrogens (primary N) is 1. The molecule has 2 aliphatic rings. The molecule has 6 heteroatoms. The second-order valence-corrected chi connectivity index (χ2v) is 7.05. The molecular weight excluding hydrogens is 311 g/mol. The van der Waals surface area contributed by atoms with Gasteiger partial charge in [0, 0.05) is 35.1 Å². The van der Waals surface area contributed by atoms with Gasteiger partial charge in [0.25, 0.3) is 0 Å². The number of halogens is 1. The molecule has 0 aliphatic heterocycles. The molecule has 2 aromatic rings. The maximum absolute atomic E-state index is 14.8. The number of carboxylic acids is 1. The molecule has 2 fully saturated rings. The third-order valence-electron chi connectivity index (χ3n) is 5.46. The Kier molecular flexibility index (Phi) is 3.12. The third kappa shape index (κ3) is 2.02. The average Bonchev–Trinajstić information content (AvgIpc) is 3.42. The van der Waals surface area contributed by atoms with Crippen molar-refractivity contribution in [2.45, 2.75) is 44.1 Å². The van der Waals surface area contributed by atoms with E-state index in [-0.39, 0.29) is 22.4 Å². The summed E-state index contributed by atoms with van der Waals surface area (Å²) in [5.41, 5.74) is 6.57. The Morgan fingerprint density at radius 1 is 1.46 bits per heavy atom. The third-order valence-corrected chi connectivity index (χ3v) is 5.46. The molecule has 0 unspecified atom stereocenters. The van der Waals surface area contributed by atoms with E-state index in [1.54, 1.807) is 0 Å². The zero-order chi connectivity index (χ0) is 17.2. The van der Waals surface area contributed by atoms with Crippen molar-refractivity contribution in [3.8, 4) is 0 Å². The lowest BCUT2D eigenvalue weighted by Crippen LogP contribution is -2.25. The van der Waals surface area contributed by atoms with Crippen molar-refractivity contribution in [2.75, 3.05) is 6.54 Å². The Hall–Kier alpha value is -2.21. The summed E-state index contributed by atoms with van der Waals surface area (Å²) in [6, 6.07) is 1.39. The van der Waals surface area contributed by atoms with E-state index in [1.807, 2.05) is 11.5 Å². The quantitative estimate of drug-likeness (QED) is 0.902. The highest BCUT2D eigenvalue weighted by molar-refractivity contribution is 5.94. The first-order valence-corrected chi connectivity index (χ1v) is 8.21. The fraction of sp³-hybridized carbons (Fsp3) is 0.444. The van der Waals surface area contributed by atoms with Crippen LogP contribution in [0, 0.1) is 12.7 Å². The fourth-order valence-electron chi connectivity index (χ4n) is 3.83. The van der Waals surface area contributed by atoms with Crippen molar-refractivity contribution in [3.63, 3.8) is 0 Å². The Morgan fingerprint density at radius 3 is 2.62 bits per heavy atom. The highest BCUT2D eigenvalue weighted by atomic mass is 19.1. The summed E-state index contributed by atoms with van der Waals surface area (Å²) in [5, 5.41) is 9.45. The van der Waals surface area contributed by atoms with Gasteiger partial charge in [-0.25, -0.2) is 9.18 Å². The van der Waals surface area contributed by atoms with Gasteiger partial charge in [0.15, 0.2) is 0 Å². The van der Waals surface area contributed by atoms with E-state index in [0.29, 0.717) is 23.2 Å². The molecule has 24 heavy (non-hydrogen) atoms. The molecule has 4 rings (SSSR count). The van der Waals surface area contributed by atoms with Gasteiger partial charge in [-0.1, -0.05) is 0 Å². The van der Waals surface area contributed by atoms with E-state index in [9.17, 15) is 19.1 Å². The van der Waals surface area contributed by atoms with Crippen molar-refractivity contribution in [1.29, 1.82) is 0 Å². The van der Waals surface area contributed by atoms with Crippen molar-refractivity contribution < 1.29 is 14.3 Å². The van der Waals surface area contributed by atoms with Gasteiger partial charge >= 0.3 is 5.97 Å². The Bertz CT molecular complexity index is 940. The van der Waals surface area contributed by atoms with Crippen LogP contribution in [0.4, 0.5) is 4.39 Å². The van der Waals surface area contributed by atoms with Crippen LogP contribution in [-0.4, -0.2) is 22.2 Å². The molecule has 1 heterocycles. The summed E-state index contributed by atoms with van der Waals surface area (Å²) in [5.74, 6) is -1.73. The van der Waals surface area contributed by atoms with Crippen LogP contribution in [0.5, 0.6) is 0 Å². The molecular formula is C18H19FN2O3. The molecule has 2 saturated carbocycles. The smallest absolute Gasteiger partial charge is 0.341 e. The second-order valence-electron chi connectivity index (χ2n) is 7.05. The number of fused-ring (bicyclic) bond motifs is 1. The number of benzene rings is 1. The van der Waals surface area contributed by atoms with Crippen LogP contribution in [0.1, 0.15) is 53.2 Å². The molecule has 126 valence electrons. The highest BCUT2D eigenvalue weighted by Gasteiger charge is 2.46. The first-order chi connectivity index (χ1) is 11.4. The molecule has 0 spiro atoms. The van der Waals surface area contributed by atoms with Crippen LogP contribution in [0.25, 0.3) is 10.9 Å². The number of carboxylic acid groups (broad SMARTS) is 1. The number of aromatic nitrogens is 1. The lowest BCUT2D eigenvalue weighted by atomic mass is 9.89. The summed E-state index contributed by atoms with van der Waals surface area (Å²) in [6.45, 7) is 2.19. The van der Waals surface area contributed by atoms with Crippen molar-refractivity contribution in [3.05, 3.63) is 45.0 Å². The van der Waals surface area contributed by atoms with Crippen LogP contribution in [0.3, 0.4) is 0 Å². The van der Waals surface area contributed by atoms with Crippen LogP contribution in [0.15, 0.2) is 17.1 Å². The molecule has 0 radical (unpaired) electrons. The Labute approximate surface area is 137 Å². The first kappa shape index (κ1) is 15.3. The number of hydrogen-bond donors (Lipinski definition) is 2. The zero-order valence-electron chi connectivity index (χ0n) is 13.4. The lowest BCUT2D eigenvalue weighted by molar-refractivity contribution is 0.0695. The highest BCUT2D eigenvalue weighted by Crippen LogP contribution is 2.50. The summed E-state index contributed by atoms with van der Waals surface area (Å²) >= 11 is 0. The van der Waals surface area contributed by atoms with Gasteiger partial charge in [0.2, 0.25) is 5.43 Å². The predicted molar refractivity (Wildman–Crippen MR) is 88.1 cm³/mol. The van der Waals surface area contributed by atoms with Gasteiger partial charge in [-0.2, -0.15) is 0 Å². The minimum atomic E-state index is -1.28. The van der Waals surface area contributed by atoms with Crippen LogP contribution >= 0.6 is 0 Å². The molecule has 0 amide bonds. The zero-order valence-corrected chi connectivity index (χ0v) is 13.4. The van der Waals surface area contributed by atoms with Gasteiger partial charge in [0.1, 0.15) is 11.4 Å². The predicted octanol–water partition coefficient (Wildman–Crippen LogP) is 2.47. The number of aryl methyl sites for hydroxylation is 1. The molecule has 0 bridgehead atoms. The average molecular weight is 330 g/mol. The van der Waals surface area contributed by atoms with E-state index < -0.39 is 17.2 Å². The van der Waals surface area contributed by atoms with E-state index in [0.717, 1.165) is 25.7 Å². The fourth-order valence-corrected chi connectivity index (χ4v) is 3.83. The van der Waals surface area contributed by atoms with Gasteiger partial charge in [-0.3, -0.25) is 4.79 Å². The number of carbonyl (C=O) groups is 1. The van der Waals surface area contributed by atoms with Crippen molar-refractivity contribution in [2.24, 2.45) is 5.73 Å². The molecule has 0 atom stereocenters. The summed E-state index contributed by atoms with van der Waals surface area (Å²) < 4.78 is 16.7. The van der Waals surface area contributed by atoms with Gasteiger partial charge < -0.3 is 15.4 Å². The molecule has 3 N–H and O–H groups in total. The molecule has 1 aromatic heterocycles. The van der Waals surface area contributed by atoms with Crippen LogP contribution < -0.4 is 11.2 Å². The number of nitrogens with zero attached hydrogens (tertiary/aromatic N) is 1. The lowest BCUT2D eigenvalue weighted by Gasteiger charge is -2.21. The molecule has 1 aromatic carbocycles. The van der Waals surface area contributed by atoms with E-state index in [4.69, 9.17) is 5.73 Å². The summed E-state index contributed by atoms with van der Waals surface area (Å²) in [4.78, 5) is 23.9. The van der Waals surface area contributed by atoms with Gasteiger partial charge in [0.05, 0.1) is 5.52 Å². The van der Waals surface area contributed by atoms with E-state index in [1.165, 1.54) is 12.3 Å². The van der Waals surface area contributed by atoms with Crippen LogP contribution in [-0.2, 0) is 5.41 Å². The summed E-state index contributed by atoms with van der Waals surface area (Å²) in [7, 11) is 0. The van der Waals surface area contributed by atoms with Gasteiger partial charge in [-0.15, -0.1) is 0 Å². The van der Waals surface area contributed by atoms with E-state index in [2.05, 4.69) is 0 Å². The molecule has 5 nitrogen and oxygen atoms in total. The Morgan fingerprint density at radius 2 is 2.12 bits per heavy atom. The maximum atomic E-state index is 14.8.